The van der Waals surface area contributed by atoms with E-state index < -0.39 is 24.3 Å². The van der Waals surface area contributed by atoms with Crippen molar-refractivity contribution in [3.8, 4) is 11.3 Å². The maximum absolute atomic E-state index is 13.6. The van der Waals surface area contributed by atoms with Crippen LogP contribution in [0.3, 0.4) is 0 Å². The van der Waals surface area contributed by atoms with Crippen LogP contribution in [0.5, 0.6) is 0 Å². The first kappa shape index (κ1) is 19.1. The molecule has 0 aliphatic rings. The molecule has 0 radical (unpaired) electrons. The van der Waals surface area contributed by atoms with Crippen LogP contribution in [0.2, 0.25) is 5.02 Å². The number of amides is 1. The summed E-state index contributed by atoms with van der Waals surface area (Å²) in [6.45, 7) is -0.586. The third kappa shape index (κ3) is 4.93. The fourth-order valence-corrected chi connectivity index (χ4v) is 2.62. The van der Waals surface area contributed by atoms with Crippen molar-refractivity contribution in [1.82, 2.24) is 10.2 Å². The second-order valence-corrected chi connectivity index (χ2v) is 6.77. The fourth-order valence-electron chi connectivity index (χ4n) is 2.18. The molecule has 0 saturated heterocycles. The van der Waals surface area contributed by atoms with E-state index >= 15 is 0 Å². The predicted octanol–water partition coefficient (Wildman–Crippen LogP) is 4.43. The minimum Gasteiger partial charge on any atom is -0.451 e. The van der Waals surface area contributed by atoms with Crippen LogP contribution in [0.25, 0.3) is 11.3 Å². The summed E-state index contributed by atoms with van der Waals surface area (Å²) in [7, 11) is 0. The number of H-pyrrole nitrogens is 1. The number of anilines is 1. The normalized spacial score (nSPS) is 10.5. The molecule has 0 unspecified atom stereocenters. The minimum atomic E-state index is -0.757. The summed E-state index contributed by atoms with van der Waals surface area (Å²) in [5.41, 5.74) is 1.36. The Balaban J connectivity index is 1.58. The van der Waals surface area contributed by atoms with Gasteiger partial charge in [-0.3, -0.25) is 9.89 Å². The van der Waals surface area contributed by atoms with E-state index in [1.54, 1.807) is 0 Å². The van der Waals surface area contributed by atoms with Crippen LogP contribution in [-0.4, -0.2) is 28.7 Å². The number of halogens is 3. The molecule has 0 atom stereocenters. The van der Waals surface area contributed by atoms with Gasteiger partial charge in [0, 0.05) is 15.1 Å². The molecule has 0 fully saturated rings. The molecule has 1 heterocycles. The van der Waals surface area contributed by atoms with Crippen molar-refractivity contribution in [3.05, 3.63) is 69.5 Å². The lowest BCUT2D eigenvalue weighted by molar-refractivity contribution is -0.119. The van der Waals surface area contributed by atoms with Gasteiger partial charge in [-0.1, -0.05) is 39.7 Å². The summed E-state index contributed by atoms with van der Waals surface area (Å²) < 4.78 is 19.4. The number of benzene rings is 2. The summed E-state index contributed by atoms with van der Waals surface area (Å²) in [5, 5.41) is 9.16. The third-order valence-corrected chi connectivity index (χ3v) is 4.24. The fraction of sp³-hybridized carbons (Fsp3) is 0.0556. The van der Waals surface area contributed by atoms with Crippen molar-refractivity contribution in [1.29, 1.82) is 0 Å². The molecule has 138 valence electrons. The Morgan fingerprint density at radius 2 is 1.93 bits per heavy atom. The molecule has 0 spiro atoms. The summed E-state index contributed by atoms with van der Waals surface area (Å²) in [6, 6.07) is 12.6. The number of hydrogen-bond acceptors (Lipinski definition) is 4. The van der Waals surface area contributed by atoms with Gasteiger partial charge in [0.15, 0.2) is 6.61 Å². The number of nitrogens with zero attached hydrogens (tertiary/aromatic N) is 1. The van der Waals surface area contributed by atoms with Crippen LogP contribution in [0.1, 0.15) is 10.5 Å². The van der Waals surface area contributed by atoms with Crippen LogP contribution >= 0.6 is 27.5 Å². The Hall–Kier alpha value is -2.71. The van der Waals surface area contributed by atoms with E-state index in [0.717, 1.165) is 16.1 Å². The van der Waals surface area contributed by atoms with Crippen molar-refractivity contribution in [3.63, 3.8) is 0 Å². The van der Waals surface area contributed by atoms with Crippen LogP contribution in [0, 0.1) is 5.82 Å². The standard InChI is InChI=1S/C18H12BrClFN3O3/c19-11-3-1-10(2-4-11)14-8-16(24-23-14)18(26)27-9-17(25)22-15-7-12(20)5-6-13(15)21/h1-8H,9H2,(H,22,25)(H,23,24). The molecule has 2 aromatic carbocycles. The van der Waals surface area contributed by atoms with E-state index in [1.165, 1.54) is 18.2 Å². The van der Waals surface area contributed by atoms with Gasteiger partial charge in [0.25, 0.3) is 5.91 Å². The van der Waals surface area contributed by atoms with Gasteiger partial charge in [-0.25, -0.2) is 9.18 Å². The summed E-state index contributed by atoms with van der Waals surface area (Å²) in [5.74, 6) is -2.10. The zero-order valence-corrected chi connectivity index (χ0v) is 16.0. The van der Waals surface area contributed by atoms with Gasteiger partial charge in [0.05, 0.1) is 11.4 Å². The zero-order valence-electron chi connectivity index (χ0n) is 13.6. The van der Waals surface area contributed by atoms with E-state index in [9.17, 15) is 14.0 Å². The molecule has 2 N–H and O–H groups in total. The van der Waals surface area contributed by atoms with Gasteiger partial charge in [-0.05, 0) is 36.4 Å². The lowest BCUT2D eigenvalue weighted by Crippen LogP contribution is -2.21. The maximum Gasteiger partial charge on any atom is 0.356 e. The van der Waals surface area contributed by atoms with Crippen LogP contribution in [-0.2, 0) is 9.53 Å². The summed E-state index contributed by atoms with van der Waals surface area (Å²) >= 11 is 9.09. The number of hydrogen-bond donors (Lipinski definition) is 2. The Kier molecular flexibility index (Phi) is 5.88. The average Bonchev–Trinajstić information content (AvgIpc) is 3.13. The minimum absolute atomic E-state index is 0.0923. The second-order valence-electron chi connectivity index (χ2n) is 5.42. The number of aromatic nitrogens is 2. The first-order chi connectivity index (χ1) is 12.9. The van der Waals surface area contributed by atoms with Crippen molar-refractivity contribution in [2.24, 2.45) is 0 Å². The van der Waals surface area contributed by atoms with Crippen molar-refractivity contribution < 1.29 is 18.7 Å². The number of esters is 1. The summed E-state index contributed by atoms with van der Waals surface area (Å²) in [4.78, 5) is 23.9. The summed E-state index contributed by atoms with van der Waals surface area (Å²) in [6.07, 6.45) is 0. The van der Waals surface area contributed by atoms with Gasteiger partial charge < -0.3 is 10.1 Å². The van der Waals surface area contributed by atoms with E-state index in [4.69, 9.17) is 16.3 Å². The van der Waals surface area contributed by atoms with Crippen LogP contribution in [0.15, 0.2) is 53.0 Å². The zero-order chi connectivity index (χ0) is 19.4. The Bertz CT molecular complexity index is 992. The molecule has 1 aromatic heterocycles. The Morgan fingerprint density at radius 1 is 1.19 bits per heavy atom. The van der Waals surface area contributed by atoms with E-state index in [-0.39, 0.29) is 16.4 Å². The predicted molar refractivity (Wildman–Crippen MR) is 102 cm³/mol. The quantitative estimate of drug-likeness (QED) is 0.561. The molecule has 0 bridgehead atoms. The molecule has 9 heteroatoms. The lowest BCUT2D eigenvalue weighted by Gasteiger charge is -2.07. The van der Waals surface area contributed by atoms with Gasteiger partial charge >= 0.3 is 5.97 Å². The van der Waals surface area contributed by atoms with Crippen molar-refractivity contribution >= 4 is 45.1 Å². The molecule has 27 heavy (non-hydrogen) atoms. The van der Waals surface area contributed by atoms with Crippen LogP contribution in [0.4, 0.5) is 10.1 Å². The van der Waals surface area contributed by atoms with Gasteiger partial charge in [-0.2, -0.15) is 5.10 Å². The highest BCUT2D eigenvalue weighted by molar-refractivity contribution is 9.10. The molecule has 6 nitrogen and oxygen atoms in total. The molecular formula is C18H12BrClFN3O3. The molecule has 0 saturated carbocycles. The van der Waals surface area contributed by atoms with Gasteiger partial charge in [-0.15, -0.1) is 0 Å². The monoisotopic (exact) mass is 451 g/mol. The van der Waals surface area contributed by atoms with E-state index in [0.29, 0.717) is 5.69 Å². The van der Waals surface area contributed by atoms with Crippen molar-refractivity contribution in [2.75, 3.05) is 11.9 Å². The molecule has 0 aliphatic carbocycles. The topological polar surface area (TPSA) is 84.1 Å². The first-order valence-electron chi connectivity index (χ1n) is 7.66. The first-order valence-corrected chi connectivity index (χ1v) is 8.83. The smallest absolute Gasteiger partial charge is 0.356 e. The van der Waals surface area contributed by atoms with Crippen molar-refractivity contribution in [2.45, 2.75) is 0 Å². The van der Waals surface area contributed by atoms with Gasteiger partial charge in [0.1, 0.15) is 11.5 Å². The number of carbonyl (C=O) groups is 2. The average molecular weight is 453 g/mol. The molecule has 3 aromatic rings. The Morgan fingerprint density at radius 3 is 2.67 bits per heavy atom. The van der Waals surface area contributed by atoms with Crippen LogP contribution < -0.4 is 5.32 Å². The molecule has 1 amide bonds. The lowest BCUT2D eigenvalue weighted by atomic mass is 10.1. The van der Waals surface area contributed by atoms with E-state index in [1.807, 2.05) is 24.3 Å². The highest BCUT2D eigenvalue weighted by Gasteiger charge is 2.15. The van der Waals surface area contributed by atoms with E-state index in [2.05, 4.69) is 31.4 Å². The third-order valence-electron chi connectivity index (χ3n) is 3.47. The second kappa shape index (κ2) is 8.32. The molecule has 0 aliphatic heterocycles. The number of carbonyl (C=O) groups excluding carboxylic acids is 2. The largest absolute Gasteiger partial charge is 0.451 e. The molecular weight excluding hydrogens is 441 g/mol. The number of rotatable bonds is 5. The highest BCUT2D eigenvalue weighted by Crippen LogP contribution is 2.21. The number of ether oxygens (including phenoxy) is 1. The Labute approximate surface area is 166 Å². The number of nitrogens with one attached hydrogen (secondary N) is 2. The van der Waals surface area contributed by atoms with Gasteiger partial charge in [0.2, 0.25) is 0 Å². The maximum atomic E-state index is 13.6. The highest BCUT2D eigenvalue weighted by atomic mass is 79.9. The number of aromatic amines is 1. The molecule has 3 rings (SSSR count). The SMILES string of the molecule is O=C(COC(=O)c1cc(-c2ccc(Br)cc2)n[nH]1)Nc1cc(Cl)ccc1F.